The lowest BCUT2D eigenvalue weighted by Gasteiger charge is -2.37. The summed E-state index contributed by atoms with van der Waals surface area (Å²) >= 11 is 0. The number of rotatable bonds is 9. The van der Waals surface area contributed by atoms with Crippen LogP contribution in [0.1, 0.15) is 110 Å². The molecule has 0 saturated carbocycles. The quantitative estimate of drug-likeness (QED) is 0.322. The highest BCUT2D eigenvalue weighted by atomic mass is 16.6. The van der Waals surface area contributed by atoms with Crippen LogP contribution in [0.3, 0.4) is 0 Å². The van der Waals surface area contributed by atoms with Gasteiger partial charge in [0.05, 0.1) is 12.2 Å². The fourth-order valence-electron chi connectivity index (χ4n) is 3.33. The Hall–Kier alpha value is -1.84. The van der Waals surface area contributed by atoms with E-state index in [0.717, 1.165) is 12.8 Å². The fraction of sp³-hybridized carbons (Fsp3) is 0.692. The van der Waals surface area contributed by atoms with Crippen molar-refractivity contribution in [1.82, 2.24) is 0 Å². The molecule has 1 aromatic rings. The molecule has 0 heterocycles. The normalized spacial score (nSPS) is 13.6. The molecule has 1 atom stereocenters. The molecule has 0 aliphatic carbocycles. The first-order valence-electron chi connectivity index (χ1n) is 11.1. The van der Waals surface area contributed by atoms with E-state index >= 15 is 0 Å². The van der Waals surface area contributed by atoms with Crippen molar-refractivity contribution < 1.29 is 19.1 Å². The van der Waals surface area contributed by atoms with Gasteiger partial charge in [-0.05, 0) is 68.1 Å². The number of benzene rings is 1. The maximum absolute atomic E-state index is 12.3. The summed E-state index contributed by atoms with van der Waals surface area (Å²) in [5.41, 5.74) is 1.70. The summed E-state index contributed by atoms with van der Waals surface area (Å²) < 4.78 is 10.6. The summed E-state index contributed by atoms with van der Waals surface area (Å²) in [6, 6.07) is 7.81. The van der Waals surface area contributed by atoms with Gasteiger partial charge < -0.3 is 9.47 Å². The van der Waals surface area contributed by atoms with Gasteiger partial charge in [0, 0.05) is 6.42 Å². The molecule has 30 heavy (non-hydrogen) atoms. The monoisotopic (exact) mass is 418 g/mol. The largest absolute Gasteiger partial charge is 0.462 e. The van der Waals surface area contributed by atoms with Crippen LogP contribution in [0.5, 0.6) is 0 Å². The van der Waals surface area contributed by atoms with Crippen molar-refractivity contribution in [1.29, 1.82) is 0 Å². The van der Waals surface area contributed by atoms with E-state index in [1.807, 2.05) is 32.9 Å². The van der Waals surface area contributed by atoms with E-state index in [0.29, 0.717) is 17.9 Å². The molecular weight excluding hydrogens is 376 g/mol. The number of carbonyl (C=O) groups excluding carboxylic acids is 2. The molecule has 0 radical (unpaired) electrons. The second-order valence-electron chi connectivity index (χ2n) is 11.1. The van der Waals surface area contributed by atoms with Crippen molar-refractivity contribution >= 4 is 11.9 Å². The van der Waals surface area contributed by atoms with Gasteiger partial charge in [0.2, 0.25) is 0 Å². The minimum atomic E-state index is -0.493. The molecule has 0 bridgehead atoms. The van der Waals surface area contributed by atoms with Crippen molar-refractivity contribution in [2.45, 2.75) is 99.5 Å². The molecule has 1 rings (SSSR count). The van der Waals surface area contributed by atoms with Gasteiger partial charge in [0.1, 0.15) is 5.60 Å². The van der Waals surface area contributed by atoms with Crippen molar-refractivity contribution in [2.75, 3.05) is 6.61 Å². The summed E-state index contributed by atoms with van der Waals surface area (Å²) in [5, 5.41) is 0. The molecule has 1 aromatic carbocycles. The van der Waals surface area contributed by atoms with Crippen molar-refractivity contribution in [2.24, 2.45) is 10.8 Å². The van der Waals surface area contributed by atoms with E-state index in [9.17, 15) is 9.59 Å². The lowest BCUT2D eigenvalue weighted by Crippen LogP contribution is -2.25. The van der Waals surface area contributed by atoms with E-state index in [2.05, 4.69) is 53.7 Å². The maximum Gasteiger partial charge on any atom is 0.338 e. The summed E-state index contributed by atoms with van der Waals surface area (Å²) in [6.07, 6.45) is 2.93. The first kappa shape index (κ1) is 26.2. The number of hydrogen-bond donors (Lipinski definition) is 0. The molecule has 0 aliphatic rings. The van der Waals surface area contributed by atoms with Crippen LogP contribution in [0, 0.1) is 10.8 Å². The Balaban J connectivity index is 2.67. The lowest BCUT2D eigenvalue weighted by atomic mass is 9.68. The van der Waals surface area contributed by atoms with Crippen molar-refractivity contribution in [3.8, 4) is 0 Å². The highest BCUT2D eigenvalue weighted by Gasteiger charge is 2.31. The smallest absolute Gasteiger partial charge is 0.338 e. The second-order valence-corrected chi connectivity index (χ2v) is 11.1. The zero-order chi connectivity index (χ0) is 23.2. The first-order valence-corrected chi connectivity index (χ1v) is 11.1. The van der Waals surface area contributed by atoms with Crippen molar-refractivity contribution in [3.63, 3.8) is 0 Å². The highest BCUT2D eigenvalue weighted by Crippen LogP contribution is 2.44. The van der Waals surface area contributed by atoms with E-state index in [-0.39, 0.29) is 35.8 Å². The van der Waals surface area contributed by atoms with Crippen LogP contribution >= 0.6 is 0 Å². The molecule has 1 unspecified atom stereocenters. The van der Waals surface area contributed by atoms with Gasteiger partial charge >= 0.3 is 11.9 Å². The summed E-state index contributed by atoms with van der Waals surface area (Å²) in [7, 11) is 0. The Kier molecular flexibility index (Phi) is 9.13. The topological polar surface area (TPSA) is 52.6 Å². The van der Waals surface area contributed by atoms with Gasteiger partial charge in [0.25, 0.3) is 0 Å². The lowest BCUT2D eigenvalue weighted by molar-refractivity contribution is -0.155. The van der Waals surface area contributed by atoms with Gasteiger partial charge in [-0.3, -0.25) is 4.79 Å². The predicted octanol–water partition coefficient (Wildman–Crippen LogP) is 6.92. The Labute approximate surface area is 183 Å². The van der Waals surface area contributed by atoms with Gasteiger partial charge in [-0.25, -0.2) is 4.79 Å². The minimum Gasteiger partial charge on any atom is -0.462 e. The molecule has 4 nitrogen and oxygen atoms in total. The van der Waals surface area contributed by atoms with E-state index in [4.69, 9.17) is 9.47 Å². The minimum absolute atomic E-state index is 0.135. The van der Waals surface area contributed by atoms with Crippen LogP contribution in [0.2, 0.25) is 0 Å². The average molecular weight is 419 g/mol. The van der Waals surface area contributed by atoms with Crippen LogP contribution in [0.15, 0.2) is 24.3 Å². The van der Waals surface area contributed by atoms with E-state index in [1.165, 1.54) is 5.56 Å². The first-order chi connectivity index (χ1) is 13.6. The van der Waals surface area contributed by atoms with Crippen LogP contribution in [0.25, 0.3) is 0 Å². The zero-order valence-corrected chi connectivity index (χ0v) is 20.6. The number of carbonyl (C=O) groups is 2. The van der Waals surface area contributed by atoms with Gasteiger partial charge in [0.15, 0.2) is 0 Å². The summed E-state index contributed by atoms with van der Waals surface area (Å²) in [4.78, 5) is 24.0. The molecule has 0 aromatic heterocycles. The van der Waals surface area contributed by atoms with Crippen LogP contribution in [0.4, 0.5) is 0 Å². The molecule has 0 aliphatic heterocycles. The standard InChI is InChI=1S/C26H42O4/c1-10-26(8,9)18-21(24(2,3)4)19-13-15-20(16-14-19)23(28)29-17-11-12-22(27)30-25(5,6)7/h13-16,21H,10-12,17-18H2,1-9H3. The molecule has 0 N–H and O–H groups in total. The van der Waals surface area contributed by atoms with E-state index in [1.54, 1.807) is 0 Å². The molecule has 4 heteroatoms. The van der Waals surface area contributed by atoms with Gasteiger partial charge in [-0.2, -0.15) is 0 Å². The number of ether oxygens (including phenoxy) is 2. The average Bonchev–Trinajstić information content (AvgIpc) is 2.61. The maximum atomic E-state index is 12.3. The van der Waals surface area contributed by atoms with E-state index < -0.39 is 5.60 Å². The molecule has 170 valence electrons. The third-order valence-electron chi connectivity index (χ3n) is 5.49. The summed E-state index contributed by atoms with van der Waals surface area (Å²) in [6.45, 7) is 19.4. The molecule has 0 saturated heterocycles. The van der Waals surface area contributed by atoms with Crippen LogP contribution < -0.4 is 0 Å². The molecular formula is C26H42O4. The number of esters is 2. The molecule has 0 spiro atoms. The molecule has 0 amide bonds. The third kappa shape index (κ3) is 9.32. The fourth-order valence-corrected chi connectivity index (χ4v) is 3.33. The van der Waals surface area contributed by atoms with Gasteiger partial charge in [-0.15, -0.1) is 0 Å². The van der Waals surface area contributed by atoms with Crippen molar-refractivity contribution in [3.05, 3.63) is 35.4 Å². The zero-order valence-electron chi connectivity index (χ0n) is 20.6. The highest BCUT2D eigenvalue weighted by molar-refractivity contribution is 5.89. The van der Waals surface area contributed by atoms with Crippen LogP contribution in [-0.2, 0) is 14.3 Å². The second kappa shape index (κ2) is 10.5. The predicted molar refractivity (Wildman–Crippen MR) is 123 cm³/mol. The summed E-state index contributed by atoms with van der Waals surface area (Å²) in [5.74, 6) is -0.218. The van der Waals surface area contributed by atoms with Crippen LogP contribution in [-0.4, -0.2) is 24.1 Å². The third-order valence-corrected chi connectivity index (χ3v) is 5.49. The molecule has 0 fully saturated rings. The Morgan fingerprint density at radius 3 is 1.97 bits per heavy atom. The number of hydrogen-bond acceptors (Lipinski definition) is 4. The Morgan fingerprint density at radius 2 is 1.50 bits per heavy atom. The Bertz CT molecular complexity index is 687. The Morgan fingerprint density at radius 1 is 0.933 bits per heavy atom. The van der Waals surface area contributed by atoms with Gasteiger partial charge in [-0.1, -0.05) is 60.1 Å². The SMILES string of the molecule is CCC(C)(C)CC(c1ccc(C(=O)OCCCC(=O)OC(C)(C)C)cc1)C(C)(C)C.